The predicted molar refractivity (Wildman–Crippen MR) is 65.1 cm³/mol. The standard InChI is InChI=1S/C13H24N2O/c1-13(2,3)6-7-14-12(16)10-8-9-4-5-11(10)15-9/h9-11,15H,4-8H2,1-3H3,(H,14,16). The zero-order valence-corrected chi connectivity index (χ0v) is 10.7. The molecule has 2 aliphatic heterocycles. The van der Waals surface area contributed by atoms with Gasteiger partial charge in [-0.2, -0.15) is 0 Å². The number of amides is 1. The van der Waals surface area contributed by atoms with Crippen LogP contribution < -0.4 is 10.6 Å². The Kier molecular flexibility index (Phi) is 3.24. The van der Waals surface area contributed by atoms with Gasteiger partial charge in [0, 0.05) is 18.6 Å². The van der Waals surface area contributed by atoms with E-state index in [1.54, 1.807) is 0 Å². The Morgan fingerprint density at radius 2 is 2.12 bits per heavy atom. The van der Waals surface area contributed by atoms with Crippen molar-refractivity contribution in [2.75, 3.05) is 6.54 Å². The van der Waals surface area contributed by atoms with Crippen molar-refractivity contribution in [1.29, 1.82) is 0 Å². The van der Waals surface area contributed by atoms with Crippen LogP contribution in [-0.2, 0) is 4.79 Å². The molecule has 0 spiro atoms. The highest BCUT2D eigenvalue weighted by Crippen LogP contribution is 2.33. The number of hydrogen-bond acceptors (Lipinski definition) is 2. The summed E-state index contributed by atoms with van der Waals surface area (Å²) in [6.07, 6.45) is 4.54. The molecule has 1 amide bonds. The molecule has 3 atom stereocenters. The molecule has 0 aliphatic carbocycles. The van der Waals surface area contributed by atoms with Gasteiger partial charge in [0.25, 0.3) is 0 Å². The molecule has 0 aromatic carbocycles. The Morgan fingerprint density at radius 1 is 1.38 bits per heavy atom. The lowest BCUT2D eigenvalue weighted by molar-refractivity contribution is -0.125. The van der Waals surface area contributed by atoms with Crippen LogP contribution >= 0.6 is 0 Å². The Bertz CT molecular complexity index is 270. The second kappa shape index (κ2) is 4.36. The first kappa shape index (κ1) is 11.9. The Morgan fingerprint density at radius 3 is 2.62 bits per heavy atom. The average molecular weight is 224 g/mol. The quantitative estimate of drug-likeness (QED) is 0.766. The third-order valence-corrected chi connectivity index (χ3v) is 3.81. The van der Waals surface area contributed by atoms with Crippen LogP contribution in [0.15, 0.2) is 0 Å². The lowest BCUT2D eigenvalue weighted by Crippen LogP contribution is -2.38. The average Bonchev–Trinajstić information content (AvgIpc) is 2.76. The van der Waals surface area contributed by atoms with E-state index in [9.17, 15) is 4.79 Å². The first-order valence-corrected chi connectivity index (χ1v) is 6.49. The van der Waals surface area contributed by atoms with Gasteiger partial charge in [0.05, 0.1) is 5.92 Å². The number of carbonyl (C=O) groups is 1. The fourth-order valence-electron chi connectivity index (χ4n) is 2.81. The number of hydrogen-bond donors (Lipinski definition) is 2. The van der Waals surface area contributed by atoms with Crippen molar-refractivity contribution in [3.63, 3.8) is 0 Å². The van der Waals surface area contributed by atoms with Gasteiger partial charge in [0.1, 0.15) is 0 Å². The van der Waals surface area contributed by atoms with Crippen LogP contribution in [0.2, 0.25) is 0 Å². The van der Waals surface area contributed by atoms with Gasteiger partial charge >= 0.3 is 0 Å². The molecule has 0 aromatic heterocycles. The molecule has 2 rings (SSSR count). The van der Waals surface area contributed by atoms with Crippen molar-refractivity contribution in [3.8, 4) is 0 Å². The molecule has 2 saturated heterocycles. The van der Waals surface area contributed by atoms with Crippen molar-refractivity contribution in [3.05, 3.63) is 0 Å². The second-order valence-electron chi connectivity index (χ2n) is 6.49. The highest BCUT2D eigenvalue weighted by atomic mass is 16.1. The number of carbonyl (C=O) groups excluding carboxylic acids is 1. The van der Waals surface area contributed by atoms with Gasteiger partial charge in [0.15, 0.2) is 0 Å². The Labute approximate surface area is 98.4 Å². The van der Waals surface area contributed by atoms with Gasteiger partial charge in [-0.15, -0.1) is 0 Å². The van der Waals surface area contributed by atoms with E-state index in [0.717, 1.165) is 19.4 Å². The molecule has 3 unspecified atom stereocenters. The Hall–Kier alpha value is -0.570. The topological polar surface area (TPSA) is 41.1 Å². The monoisotopic (exact) mass is 224 g/mol. The molecule has 92 valence electrons. The summed E-state index contributed by atoms with van der Waals surface area (Å²) in [5.41, 5.74) is 0.306. The molecule has 16 heavy (non-hydrogen) atoms. The molecular formula is C13H24N2O. The van der Waals surface area contributed by atoms with Crippen LogP contribution in [-0.4, -0.2) is 24.5 Å². The zero-order chi connectivity index (χ0) is 11.8. The lowest BCUT2D eigenvalue weighted by atomic mass is 9.88. The molecule has 0 aromatic rings. The normalized spacial score (nSPS) is 33.1. The van der Waals surface area contributed by atoms with Crippen molar-refractivity contribution in [2.45, 2.75) is 58.5 Å². The summed E-state index contributed by atoms with van der Waals surface area (Å²) in [4.78, 5) is 12.0. The molecule has 2 fully saturated rings. The maximum atomic E-state index is 12.0. The first-order chi connectivity index (χ1) is 7.46. The third kappa shape index (κ3) is 2.76. The molecule has 3 nitrogen and oxygen atoms in total. The van der Waals surface area contributed by atoms with Crippen LogP contribution in [0.5, 0.6) is 0 Å². The van der Waals surface area contributed by atoms with E-state index in [1.807, 2.05) is 0 Å². The van der Waals surface area contributed by atoms with E-state index in [0.29, 0.717) is 17.5 Å². The number of rotatable bonds is 3. The van der Waals surface area contributed by atoms with Crippen LogP contribution in [0.3, 0.4) is 0 Å². The fraction of sp³-hybridized carbons (Fsp3) is 0.923. The Balaban J connectivity index is 1.73. The van der Waals surface area contributed by atoms with Crippen LogP contribution in [0.25, 0.3) is 0 Å². The van der Waals surface area contributed by atoms with Gasteiger partial charge in [-0.3, -0.25) is 4.79 Å². The first-order valence-electron chi connectivity index (χ1n) is 6.49. The lowest BCUT2D eigenvalue weighted by Gasteiger charge is -2.22. The van der Waals surface area contributed by atoms with Gasteiger partial charge in [-0.1, -0.05) is 20.8 Å². The summed E-state index contributed by atoms with van der Waals surface area (Å²) in [5, 5.41) is 6.59. The van der Waals surface area contributed by atoms with Crippen LogP contribution in [0, 0.1) is 11.3 Å². The molecule has 0 saturated carbocycles. The van der Waals surface area contributed by atoms with E-state index in [-0.39, 0.29) is 11.8 Å². The van der Waals surface area contributed by atoms with E-state index in [4.69, 9.17) is 0 Å². The smallest absolute Gasteiger partial charge is 0.224 e. The van der Waals surface area contributed by atoms with Gasteiger partial charge in [0.2, 0.25) is 5.91 Å². The van der Waals surface area contributed by atoms with E-state index in [2.05, 4.69) is 31.4 Å². The van der Waals surface area contributed by atoms with E-state index in [1.165, 1.54) is 12.8 Å². The summed E-state index contributed by atoms with van der Waals surface area (Å²) >= 11 is 0. The molecule has 2 bridgehead atoms. The van der Waals surface area contributed by atoms with Crippen LogP contribution in [0.4, 0.5) is 0 Å². The summed E-state index contributed by atoms with van der Waals surface area (Å²) in [6, 6.07) is 1.07. The van der Waals surface area contributed by atoms with Gasteiger partial charge in [-0.05, 0) is 31.1 Å². The van der Waals surface area contributed by atoms with Crippen molar-refractivity contribution >= 4 is 5.91 Å². The highest BCUT2D eigenvalue weighted by Gasteiger charge is 2.42. The van der Waals surface area contributed by atoms with Gasteiger partial charge < -0.3 is 10.6 Å². The second-order valence-corrected chi connectivity index (χ2v) is 6.49. The number of fused-ring (bicyclic) bond motifs is 2. The molecule has 2 heterocycles. The largest absolute Gasteiger partial charge is 0.356 e. The summed E-state index contributed by atoms with van der Waals surface area (Å²) in [7, 11) is 0. The zero-order valence-electron chi connectivity index (χ0n) is 10.7. The summed E-state index contributed by atoms with van der Waals surface area (Å²) < 4.78 is 0. The van der Waals surface area contributed by atoms with E-state index < -0.39 is 0 Å². The summed E-state index contributed by atoms with van der Waals surface area (Å²) in [6.45, 7) is 7.44. The van der Waals surface area contributed by atoms with Crippen molar-refractivity contribution in [2.24, 2.45) is 11.3 Å². The molecule has 3 heteroatoms. The van der Waals surface area contributed by atoms with Gasteiger partial charge in [-0.25, -0.2) is 0 Å². The minimum Gasteiger partial charge on any atom is -0.356 e. The minimum atomic E-state index is 0.235. The number of nitrogens with one attached hydrogen (secondary N) is 2. The minimum absolute atomic E-state index is 0.235. The maximum absolute atomic E-state index is 12.0. The molecule has 2 aliphatic rings. The summed E-state index contributed by atoms with van der Waals surface area (Å²) in [5.74, 6) is 0.502. The third-order valence-electron chi connectivity index (χ3n) is 3.81. The highest BCUT2D eigenvalue weighted by molar-refractivity contribution is 5.80. The SMILES string of the molecule is CC(C)(C)CCNC(=O)C1CC2CCC1N2. The maximum Gasteiger partial charge on any atom is 0.224 e. The molecule has 2 N–H and O–H groups in total. The van der Waals surface area contributed by atoms with Crippen molar-refractivity contribution < 1.29 is 4.79 Å². The molecule has 0 radical (unpaired) electrons. The predicted octanol–water partition coefficient (Wildman–Crippen LogP) is 1.68. The fourth-order valence-corrected chi connectivity index (χ4v) is 2.81. The van der Waals surface area contributed by atoms with E-state index >= 15 is 0 Å². The van der Waals surface area contributed by atoms with Crippen LogP contribution in [0.1, 0.15) is 46.5 Å². The molecular weight excluding hydrogens is 200 g/mol. The van der Waals surface area contributed by atoms with Crippen molar-refractivity contribution in [1.82, 2.24) is 10.6 Å².